The second-order valence-corrected chi connectivity index (χ2v) is 5.54. The van der Waals surface area contributed by atoms with Gasteiger partial charge >= 0.3 is 6.18 Å². The third-order valence-electron chi connectivity index (χ3n) is 2.94. The number of alkyl halides is 3. The van der Waals surface area contributed by atoms with Crippen molar-refractivity contribution < 1.29 is 17.6 Å². The predicted molar refractivity (Wildman–Crippen MR) is 75.0 cm³/mol. The standard InChI is InChI=1S/C14H18BrF4N/c1-2-8-20-13(4-3-7-14(17,18)19)10-5-6-11(15)12(16)9-10/h5-6,9,13,20H,2-4,7-8H2,1H3. The Hall–Kier alpha value is -0.620. The summed E-state index contributed by atoms with van der Waals surface area (Å²) in [5.74, 6) is -0.401. The Morgan fingerprint density at radius 3 is 2.55 bits per heavy atom. The van der Waals surface area contributed by atoms with Gasteiger partial charge in [-0.1, -0.05) is 13.0 Å². The molecule has 0 aromatic heterocycles. The van der Waals surface area contributed by atoms with Crippen LogP contribution < -0.4 is 5.32 Å². The summed E-state index contributed by atoms with van der Waals surface area (Å²) in [4.78, 5) is 0. The highest BCUT2D eigenvalue weighted by atomic mass is 79.9. The molecule has 1 aromatic carbocycles. The predicted octanol–water partition coefficient (Wildman–Crippen LogP) is 5.36. The maximum absolute atomic E-state index is 13.5. The highest BCUT2D eigenvalue weighted by Crippen LogP contribution is 2.28. The molecule has 0 spiro atoms. The van der Waals surface area contributed by atoms with Crippen LogP contribution in [0.2, 0.25) is 0 Å². The lowest BCUT2D eigenvalue weighted by molar-refractivity contribution is -0.135. The molecule has 0 aliphatic heterocycles. The van der Waals surface area contributed by atoms with Gasteiger partial charge in [-0.2, -0.15) is 13.2 Å². The number of halogens is 5. The van der Waals surface area contributed by atoms with E-state index in [-0.39, 0.29) is 12.5 Å². The van der Waals surface area contributed by atoms with Crippen molar-refractivity contribution in [2.75, 3.05) is 6.54 Å². The molecular weight excluding hydrogens is 338 g/mol. The third-order valence-corrected chi connectivity index (χ3v) is 3.58. The molecule has 0 heterocycles. The third kappa shape index (κ3) is 6.22. The molecule has 0 aliphatic carbocycles. The molecule has 0 fully saturated rings. The van der Waals surface area contributed by atoms with Crippen LogP contribution in [-0.2, 0) is 0 Å². The Balaban J connectivity index is 2.69. The van der Waals surface area contributed by atoms with Crippen LogP contribution in [0.1, 0.15) is 44.2 Å². The summed E-state index contributed by atoms with van der Waals surface area (Å²) in [6.45, 7) is 2.66. The fourth-order valence-corrected chi connectivity index (χ4v) is 2.19. The van der Waals surface area contributed by atoms with Gasteiger partial charge < -0.3 is 5.32 Å². The molecule has 1 nitrogen and oxygen atoms in total. The van der Waals surface area contributed by atoms with E-state index in [4.69, 9.17) is 0 Å². The summed E-state index contributed by atoms with van der Waals surface area (Å²) in [6.07, 6.45) is -3.71. The van der Waals surface area contributed by atoms with Crippen LogP contribution in [0.25, 0.3) is 0 Å². The van der Waals surface area contributed by atoms with Crippen LogP contribution in [0.5, 0.6) is 0 Å². The summed E-state index contributed by atoms with van der Waals surface area (Å²) in [6, 6.07) is 4.42. The van der Waals surface area contributed by atoms with E-state index < -0.39 is 18.4 Å². The molecule has 0 saturated carbocycles. The van der Waals surface area contributed by atoms with E-state index >= 15 is 0 Å². The van der Waals surface area contributed by atoms with Crippen molar-refractivity contribution >= 4 is 15.9 Å². The molecule has 0 amide bonds. The van der Waals surface area contributed by atoms with Gasteiger partial charge in [0.25, 0.3) is 0 Å². The average molecular weight is 356 g/mol. The molecule has 1 N–H and O–H groups in total. The quantitative estimate of drug-likeness (QED) is 0.649. The minimum atomic E-state index is -4.14. The molecule has 1 aromatic rings. The van der Waals surface area contributed by atoms with Crippen molar-refractivity contribution in [1.29, 1.82) is 0 Å². The molecule has 0 radical (unpaired) electrons. The Morgan fingerprint density at radius 2 is 2.00 bits per heavy atom. The highest BCUT2D eigenvalue weighted by molar-refractivity contribution is 9.10. The molecule has 1 unspecified atom stereocenters. The van der Waals surface area contributed by atoms with Crippen LogP contribution in [0, 0.1) is 5.82 Å². The van der Waals surface area contributed by atoms with Gasteiger partial charge in [0, 0.05) is 12.5 Å². The minimum absolute atomic E-state index is 0.0303. The summed E-state index contributed by atoms with van der Waals surface area (Å²) < 4.78 is 50.4. The van der Waals surface area contributed by atoms with E-state index in [2.05, 4.69) is 21.2 Å². The van der Waals surface area contributed by atoms with E-state index in [9.17, 15) is 17.6 Å². The van der Waals surface area contributed by atoms with E-state index in [1.807, 2.05) is 6.92 Å². The van der Waals surface area contributed by atoms with Crippen LogP contribution in [0.15, 0.2) is 22.7 Å². The summed E-state index contributed by atoms with van der Waals surface area (Å²) >= 11 is 3.07. The smallest absolute Gasteiger partial charge is 0.310 e. The highest BCUT2D eigenvalue weighted by Gasteiger charge is 2.27. The first kappa shape index (κ1) is 17.4. The van der Waals surface area contributed by atoms with Gasteiger partial charge in [0.15, 0.2) is 0 Å². The number of hydrogen-bond donors (Lipinski definition) is 1. The van der Waals surface area contributed by atoms with Crippen LogP contribution in [-0.4, -0.2) is 12.7 Å². The molecule has 114 valence electrons. The van der Waals surface area contributed by atoms with Gasteiger partial charge in [-0.15, -0.1) is 0 Å². The minimum Gasteiger partial charge on any atom is -0.310 e. The molecule has 1 rings (SSSR count). The second-order valence-electron chi connectivity index (χ2n) is 4.69. The largest absolute Gasteiger partial charge is 0.389 e. The van der Waals surface area contributed by atoms with Gasteiger partial charge in [-0.25, -0.2) is 4.39 Å². The maximum Gasteiger partial charge on any atom is 0.389 e. The second kappa shape index (κ2) is 7.98. The zero-order valence-electron chi connectivity index (χ0n) is 11.2. The van der Waals surface area contributed by atoms with Gasteiger partial charge in [0.2, 0.25) is 0 Å². The zero-order chi connectivity index (χ0) is 15.2. The number of hydrogen-bond acceptors (Lipinski definition) is 1. The van der Waals surface area contributed by atoms with E-state index in [0.717, 1.165) is 6.42 Å². The fourth-order valence-electron chi connectivity index (χ4n) is 1.94. The lowest BCUT2D eigenvalue weighted by atomic mass is 10.0. The van der Waals surface area contributed by atoms with Crippen molar-refractivity contribution in [2.24, 2.45) is 0 Å². The molecular formula is C14H18BrF4N. The first-order chi connectivity index (χ1) is 9.33. The Kier molecular flexibility index (Phi) is 6.95. The van der Waals surface area contributed by atoms with Crippen LogP contribution in [0.4, 0.5) is 17.6 Å². The van der Waals surface area contributed by atoms with Crippen LogP contribution in [0.3, 0.4) is 0 Å². The SMILES string of the molecule is CCCNC(CCCC(F)(F)F)c1ccc(Br)c(F)c1. The topological polar surface area (TPSA) is 12.0 Å². The Morgan fingerprint density at radius 1 is 1.30 bits per heavy atom. The monoisotopic (exact) mass is 355 g/mol. The average Bonchev–Trinajstić information content (AvgIpc) is 2.35. The van der Waals surface area contributed by atoms with E-state index in [0.29, 0.717) is 23.0 Å². The van der Waals surface area contributed by atoms with Gasteiger partial charge in [0.05, 0.1) is 4.47 Å². The van der Waals surface area contributed by atoms with Crippen molar-refractivity contribution in [3.05, 3.63) is 34.1 Å². The van der Waals surface area contributed by atoms with Crippen molar-refractivity contribution in [2.45, 2.75) is 44.8 Å². The number of rotatable bonds is 7. The first-order valence-corrected chi connectivity index (χ1v) is 7.38. The molecule has 6 heteroatoms. The van der Waals surface area contributed by atoms with Gasteiger partial charge in [-0.05, 0) is 59.4 Å². The molecule has 0 bridgehead atoms. The summed E-state index contributed by atoms with van der Waals surface area (Å²) in [5.41, 5.74) is 0.682. The lowest BCUT2D eigenvalue weighted by Gasteiger charge is -2.19. The Labute approximate surface area is 124 Å². The molecule has 0 saturated heterocycles. The van der Waals surface area contributed by atoms with Crippen molar-refractivity contribution in [1.82, 2.24) is 5.32 Å². The van der Waals surface area contributed by atoms with Crippen molar-refractivity contribution in [3.63, 3.8) is 0 Å². The molecule has 20 heavy (non-hydrogen) atoms. The maximum atomic E-state index is 13.5. The van der Waals surface area contributed by atoms with Gasteiger partial charge in [0.1, 0.15) is 5.82 Å². The fraction of sp³-hybridized carbons (Fsp3) is 0.571. The lowest BCUT2D eigenvalue weighted by Crippen LogP contribution is -2.23. The zero-order valence-corrected chi connectivity index (χ0v) is 12.8. The Bertz CT molecular complexity index is 420. The van der Waals surface area contributed by atoms with Crippen LogP contribution >= 0.6 is 15.9 Å². The number of nitrogens with one attached hydrogen (secondary N) is 1. The summed E-state index contributed by atoms with van der Waals surface area (Å²) in [5, 5.41) is 3.17. The first-order valence-electron chi connectivity index (χ1n) is 6.58. The van der Waals surface area contributed by atoms with Crippen molar-refractivity contribution in [3.8, 4) is 0 Å². The van der Waals surface area contributed by atoms with Gasteiger partial charge in [-0.3, -0.25) is 0 Å². The normalized spacial score (nSPS) is 13.5. The van der Waals surface area contributed by atoms with E-state index in [1.54, 1.807) is 12.1 Å². The van der Waals surface area contributed by atoms with E-state index in [1.165, 1.54) is 6.07 Å². The molecule has 0 aliphatic rings. The summed E-state index contributed by atoms with van der Waals surface area (Å²) in [7, 11) is 0. The molecule has 1 atom stereocenters. The number of benzene rings is 1.